The average Bonchev–Trinajstić information content (AvgIpc) is 3.22. The molecule has 4 rings (SSSR count). The number of hydrogen-bond donors (Lipinski definition) is 1. The van der Waals surface area contributed by atoms with E-state index in [1.807, 2.05) is 60.7 Å². The van der Waals surface area contributed by atoms with Crippen molar-refractivity contribution < 1.29 is 9.53 Å². The van der Waals surface area contributed by atoms with E-state index in [-0.39, 0.29) is 11.3 Å². The topological polar surface area (TPSA) is 68.5 Å². The van der Waals surface area contributed by atoms with Crippen LogP contribution in [0.3, 0.4) is 0 Å². The van der Waals surface area contributed by atoms with Gasteiger partial charge in [-0.1, -0.05) is 51.1 Å². The van der Waals surface area contributed by atoms with Gasteiger partial charge in [0.2, 0.25) is 0 Å². The van der Waals surface area contributed by atoms with Crippen molar-refractivity contribution in [3.63, 3.8) is 0 Å². The summed E-state index contributed by atoms with van der Waals surface area (Å²) in [6.07, 6.45) is 0. The van der Waals surface area contributed by atoms with Crippen LogP contribution in [0, 0.1) is 0 Å². The highest BCUT2D eigenvalue weighted by atomic mass is 16.5. The van der Waals surface area contributed by atoms with Crippen LogP contribution in [0.25, 0.3) is 16.9 Å². The third kappa shape index (κ3) is 4.43. The summed E-state index contributed by atoms with van der Waals surface area (Å²) in [6.45, 7) is 6.71. The molecule has 0 aliphatic carbocycles. The Kier molecular flexibility index (Phi) is 5.46. The number of ether oxygens (including phenoxy) is 1. The van der Waals surface area contributed by atoms with Gasteiger partial charge in [-0.2, -0.15) is 5.10 Å². The summed E-state index contributed by atoms with van der Waals surface area (Å²) in [5.41, 5.74) is 4.45. The summed E-state index contributed by atoms with van der Waals surface area (Å²) in [4.78, 5) is 17.9. The van der Waals surface area contributed by atoms with E-state index in [1.165, 1.54) is 0 Å². The third-order valence-electron chi connectivity index (χ3n) is 5.11. The van der Waals surface area contributed by atoms with Crippen LogP contribution >= 0.6 is 0 Å². The molecule has 2 aromatic carbocycles. The number of hydrogen-bond acceptors (Lipinski definition) is 4. The molecule has 0 aliphatic heterocycles. The van der Waals surface area contributed by atoms with Gasteiger partial charge >= 0.3 is 0 Å². The lowest BCUT2D eigenvalue weighted by atomic mass is 9.93. The highest BCUT2D eigenvalue weighted by molar-refractivity contribution is 5.94. The Bertz CT molecular complexity index is 1210. The summed E-state index contributed by atoms with van der Waals surface area (Å²) in [7, 11) is 1.63. The Morgan fingerprint density at radius 2 is 1.74 bits per heavy atom. The van der Waals surface area contributed by atoms with Crippen LogP contribution in [-0.4, -0.2) is 27.6 Å². The highest BCUT2D eigenvalue weighted by Gasteiger charge is 2.22. The van der Waals surface area contributed by atoms with Gasteiger partial charge in [-0.25, -0.2) is 9.50 Å². The fraction of sp³-hybridized carbons (Fsp3) is 0.240. The predicted molar refractivity (Wildman–Crippen MR) is 121 cm³/mol. The molecule has 158 valence electrons. The number of carbonyl (C=O) groups excluding carboxylic acids is 1. The zero-order valence-electron chi connectivity index (χ0n) is 18.2. The quantitative estimate of drug-likeness (QED) is 0.517. The third-order valence-corrected chi connectivity index (χ3v) is 5.11. The first-order valence-electron chi connectivity index (χ1n) is 10.2. The number of rotatable bonds is 5. The molecule has 31 heavy (non-hydrogen) atoms. The molecular weight excluding hydrogens is 388 g/mol. The predicted octanol–water partition coefficient (Wildman–Crippen LogP) is 4.63. The Morgan fingerprint density at radius 1 is 1.03 bits per heavy atom. The maximum atomic E-state index is 13.2. The van der Waals surface area contributed by atoms with Crippen LogP contribution in [0.4, 0.5) is 0 Å². The van der Waals surface area contributed by atoms with Crippen molar-refractivity contribution in [3.8, 4) is 17.0 Å². The van der Waals surface area contributed by atoms with Gasteiger partial charge < -0.3 is 10.1 Å². The van der Waals surface area contributed by atoms with Crippen molar-refractivity contribution >= 4 is 11.6 Å². The molecule has 1 amide bonds. The number of amides is 1. The minimum atomic E-state index is -0.199. The van der Waals surface area contributed by atoms with Gasteiger partial charge in [-0.3, -0.25) is 4.79 Å². The molecule has 0 spiro atoms. The molecule has 0 radical (unpaired) electrons. The molecule has 2 aromatic heterocycles. The van der Waals surface area contributed by atoms with E-state index in [1.54, 1.807) is 17.7 Å². The molecule has 1 N–H and O–H groups in total. The Hall–Kier alpha value is -3.67. The molecule has 0 fully saturated rings. The fourth-order valence-corrected chi connectivity index (χ4v) is 3.28. The Balaban J connectivity index is 1.76. The second-order valence-electron chi connectivity index (χ2n) is 8.47. The van der Waals surface area contributed by atoms with Gasteiger partial charge in [0.05, 0.1) is 18.5 Å². The maximum Gasteiger partial charge on any atom is 0.270 e. The molecule has 6 nitrogen and oxygen atoms in total. The normalized spacial score (nSPS) is 11.5. The van der Waals surface area contributed by atoms with Gasteiger partial charge in [0, 0.05) is 23.6 Å². The first-order valence-corrected chi connectivity index (χ1v) is 10.2. The minimum absolute atomic E-state index is 0.161. The zero-order valence-corrected chi connectivity index (χ0v) is 18.2. The van der Waals surface area contributed by atoms with E-state index >= 15 is 0 Å². The Labute approximate surface area is 181 Å². The number of fused-ring (bicyclic) bond motifs is 1. The zero-order chi connectivity index (χ0) is 22.0. The summed E-state index contributed by atoms with van der Waals surface area (Å²) in [5, 5.41) is 7.70. The molecule has 0 aliphatic rings. The van der Waals surface area contributed by atoms with Crippen molar-refractivity contribution in [1.29, 1.82) is 0 Å². The first-order chi connectivity index (χ1) is 14.8. The van der Waals surface area contributed by atoms with Crippen LogP contribution in [0.15, 0.2) is 66.7 Å². The van der Waals surface area contributed by atoms with Crippen molar-refractivity contribution in [3.05, 3.63) is 83.7 Å². The lowest BCUT2D eigenvalue weighted by Gasteiger charge is -2.13. The van der Waals surface area contributed by atoms with E-state index in [9.17, 15) is 4.79 Å². The van der Waals surface area contributed by atoms with Gasteiger partial charge in [-0.05, 0) is 35.9 Å². The monoisotopic (exact) mass is 414 g/mol. The average molecular weight is 415 g/mol. The number of nitrogens with one attached hydrogen (secondary N) is 1. The van der Waals surface area contributed by atoms with Gasteiger partial charge in [0.25, 0.3) is 5.91 Å². The van der Waals surface area contributed by atoms with Crippen molar-refractivity contribution in [2.45, 2.75) is 32.7 Å². The number of carbonyl (C=O) groups is 1. The summed E-state index contributed by atoms with van der Waals surface area (Å²) >= 11 is 0. The maximum absolute atomic E-state index is 13.2. The first kappa shape index (κ1) is 20.6. The lowest BCUT2D eigenvalue weighted by Crippen LogP contribution is -2.26. The minimum Gasteiger partial charge on any atom is -0.497 e. The van der Waals surface area contributed by atoms with E-state index in [0.717, 1.165) is 22.6 Å². The van der Waals surface area contributed by atoms with Crippen LogP contribution in [0.2, 0.25) is 0 Å². The molecule has 4 aromatic rings. The molecule has 6 heteroatoms. The summed E-state index contributed by atoms with van der Waals surface area (Å²) in [5.74, 6) is 0.569. The number of methoxy groups -OCH3 is 1. The molecule has 0 saturated heterocycles. The molecule has 0 bridgehead atoms. The van der Waals surface area contributed by atoms with E-state index in [4.69, 9.17) is 14.8 Å². The lowest BCUT2D eigenvalue weighted by molar-refractivity contribution is 0.0943. The van der Waals surface area contributed by atoms with Crippen LogP contribution in [0.1, 0.15) is 42.5 Å². The van der Waals surface area contributed by atoms with Crippen LogP contribution in [-0.2, 0) is 12.0 Å². The summed E-state index contributed by atoms with van der Waals surface area (Å²) < 4.78 is 6.89. The Morgan fingerprint density at radius 3 is 2.39 bits per heavy atom. The number of benzene rings is 2. The number of aromatic nitrogens is 3. The van der Waals surface area contributed by atoms with Gasteiger partial charge in [0.15, 0.2) is 5.65 Å². The molecule has 0 unspecified atom stereocenters. The van der Waals surface area contributed by atoms with E-state index in [0.29, 0.717) is 23.6 Å². The highest BCUT2D eigenvalue weighted by Crippen LogP contribution is 2.26. The molecule has 2 heterocycles. The number of nitrogens with zero attached hydrogens (tertiary/aromatic N) is 3. The second kappa shape index (κ2) is 8.22. The fourth-order valence-electron chi connectivity index (χ4n) is 3.28. The van der Waals surface area contributed by atoms with E-state index < -0.39 is 0 Å². The van der Waals surface area contributed by atoms with Gasteiger partial charge in [0.1, 0.15) is 11.4 Å². The van der Waals surface area contributed by atoms with Crippen LogP contribution < -0.4 is 10.1 Å². The van der Waals surface area contributed by atoms with Gasteiger partial charge in [-0.15, -0.1) is 0 Å². The SMILES string of the molecule is COc1ccc(-c2cc(C(=O)NCc3ccccc3)n3nc(C(C)(C)C)cc3n2)cc1. The smallest absolute Gasteiger partial charge is 0.270 e. The largest absolute Gasteiger partial charge is 0.497 e. The van der Waals surface area contributed by atoms with Crippen molar-refractivity contribution in [2.75, 3.05) is 7.11 Å². The van der Waals surface area contributed by atoms with Crippen molar-refractivity contribution in [2.24, 2.45) is 0 Å². The molecule has 0 atom stereocenters. The molecule has 0 saturated carbocycles. The van der Waals surface area contributed by atoms with E-state index in [2.05, 4.69) is 26.1 Å². The standard InChI is InChI=1S/C25H26N4O2/c1-25(2,3)22-15-23-27-20(18-10-12-19(31-4)13-11-18)14-21(29(23)28-22)24(30)26-16-17-8-6-5-7-9-17/h5-15H,16H2,1-4H3,(H,26,30). The molecular formula is C25H26N4O2. The summed E-state index contributed by atoms with van der Waals surface area (Å²) in [6, 6.07) is 21.2. The van der Waals surface area contributed by atoms with Crippen LogP contribution in [0.5, 0.6) is 5.75 Å². The second-order valence-corrected chi connectivity index (χ2v) is 8.47. The van der Waals surface area contributed by atoms with Crippen molar-refractivity contribution in [1.82, 2.24) is 19.9 Å².